The van der Waals surface area contributed by atoms with Crippen molar-refractivity contribution in [1.82, 2.24) is 0 Å². The molecule has 28 heavy (non-hydrogen) atoms. The molecule has 0 aliphatic rings. The van der Waals surface area contributed by atoms with Crippen LogP contribution >= 0.6 is 11.8 Å². The fourth-order valence-electron chi connectivity index (χ4n) is 2.30. The van der Waals surface area contributed by atoms with Crippen molar-refractivity contribution in [2.75, 3.05) is 0 Å². The van der Waals surface area contributed by atoms with E-state index in [1.54, 1.807) is 24.3 Å². The van der Waals surface area contributed by atoms with Gasteiger partial charge < -0.3 is 4.74 Å². The lowest BCUT2D eigenvalue weighted by Crippen LogP contribution is -2.06. The van der Waals surface area contributed by atoms with Crippen molar-refractivity contribution in [3.8, 4) is 5.75 Å². The number of halogens is 3. The molecule has 0 unspecified atom stereocenters. The second kappa shape index (κ2) is 9.28. The Morgan fingerprint density at radius 2 is 1.43 bits per heavy atom. The minimum Gasteiger partial charge on any atom is -0.439 e. The summed E-state index contributed by atoms with van der Waals surface area (Å²) < 4.78 is 45.2. The molecular weight excluding hydrogens is 383 g/mol. The van der Waals surface area contributed by atoms with Crippen molar-refractivity contribution in [3.05, 3.63) is 102 Å². The Kier molecular flexibility index (Phi) is 6.55. The molecule has 0 fully saturated rings. The molecule has 0 saturated heterocycles. The first-order valence-corrected chi connectivity index (χ1v) is 9.26. The number of ether oxygens (including phenoxy) is 1. The molecule has 3 aromatic rings. The van der Waals surface area contributed by atoms with Gasteiger partial charge in [0.15, 0.2) is 0 Å². The van der Waals surface area contributed by atoms with Gasteiger partial charge in [-0.05, 0) is 41.8 Å². The van der Waals surface area contributed by atoms with E-state index in [0.29, 0.717) is 11.4 Å². The summed E-state index contributed by atoms with van der Waals surface area (Å²) >= 11 is 0.962. The lowest BCUT2D eigenvalue weighted by atomic mass is 10.2. The van der Waals surface area contributed by atoms with Gasteiger partial charge in [-0.25, -0.2) is 4.99 Å². The van der Waals surface area contributed by atoms with Crippen LogP contribution in [0, 0.1) is 0 Å². The van der Waals surface area contributed by atoms with Gasteiger partial charge in [0.1, 0.15) is 5.75 Å². The van der Waals surface area contributed by atoms with E-state index in [4.69, 9.17) is 4.74 Å². The number of aliphatic imine (C=N–C) groups is 1. The Morgan fingerprint density at radius 1 is 0.821 bits per heavy atom. The molecule has 142 valence electrons. The van der Waals surface area contributed by atoms with Gasteiger partial charge in [-0.15, -0.1) is 0 Å². The van der Waals surface area contributed by atoms with E-state index in [0.717, 1.165) is 17.8 Å². The highest BCUT2D eigenvalue weighted by Gasteiger charge is 2.32. The Labute approximate surface area is 165 Å². The lowest BCUT2D eigenvalue weighted by Gasteiger charge is -2.10. The molecule has 0 bridgehead atoms. The summed E-state index contributed by atoms with van der Waals surface area (Å²) in [5, 5.41) is 1.54. The lowest BCUT2D eigenvalue weighted by molar-refractivity contribution is -0.139. The van der Waals surface area contributed by atoms with Crippen molar-refractivity contribution in [2.24, 2.45) is 4.99 Å². The predicted molar refractivity (Wildman–Crippen MR) is 107 cm³/mol. The first-order chi connectivity index (χ1) is 13.5. The van der Waals surface area contributed by atoms with Gasteiger partial charge in [-0.3, -0.25) is 0 Å². The van der Waals surface area contributed by atoms with Crippen LogP contribution in [-0.2, 0) is 6.18 Å². The Hall–Kier alpha value is -2.99. The van der Waals surface area contributed by atoms with Crippen LogP contribution < -0.4 is 4.74 Å². The van der Waals surface area contributed by atoms with Crippen LogP contribution in [0.4, 0.5) is 18.9 Å². The number of hydrogen-bond donors (Lipinski definition) is 0. The molecule has 0 amide bonds. The summed E-state index contributed by atoms with van der Waals surface area (Å²) in [7, 11) is 0. The minimum absolute atomic E-state index is 0.116. The minimum atomic E-state index is -4.40. The first-order valence-electron chi connectivity index (χ1n) is 8.38. The normalized spacial score (nSPS) is 12.3. The zero-order valence-electron chi connectivity index (χ0n) is 14.6. The smallest absolute Gasteiger partial charge is 0.417 e. The quantitative estimate of drug-likeness (QED) is 0.259. The number of thioether (sulfide) groups is 1. The number of para-hydroxylation sites is 2. The van der Waals surface area contributed by atoms with Gasteiger partial charge in [0, 0.05) is 11.0 Å². The van der Waals surface area contributed by atoms with Gasteiger partial charge >= 0.3 is 6.18 Å². The number of benzene rings is 3. The van der Waals surface area contributed by atoms with Gasteiger partial charge in [0.05, 0.1) is 11.3 Å². The van der Waals surface area contributed by atoms with Crippen LogP contribution in [0.25, 0.3) is 0 Å². The maximum atomic E-state index is 13.1. The van der Waals surface area contributed by atoms with Crippen LogP contribution in [0.15, 0.2) is 106 Å². The number of hydrogen-bond acceptors (Lipinski definition) is 3. The average Bonchev–Trinajstić information content (AvgIpc) is 2.69. The van der Waals surface area contributed by atoms with Crippen molar-refractivity contribution < 1.29 is 17.9 Å². The number of alkyl halides is 3. The number of rotatable bonds is 5. The highest BCUT2D eigenvalue weighted by molar-refractivity contribution is 8.02. The molecule has 0 atom stereocenters. The third-order valence-corrected chi connectivity index (χ3v) is 4.44. The predicted octanol–water partition coefficient (Wildman–Crippen LogP) is 7.12. The van der Waals surface area contributed by atoms with E-state index < -0.39 is 11.7 Å². The van der Waals surface area contributed by atoms with Crippen LogP contribution in [0.5, 0.6) is 5.75 Å². The summed E-state index contributed by atoms with van der Waals surface area (Å²) in [5.41, 5.74) is 0.00829. The highest BCUT2D eigenvalue weighted by Crippen LogP contribution is 2.36. The zero-order chi connectivity index (χ0) is 19.8. The monoisotopic (exact) mass is 399 g/mol. The second-order valence-corrected chi connectivity index (χ2v) is 6.56. The molecule has 0 radical (unpaired) electrons. The van der Waals surface area contributed by atoms with E-state index in [1.165, 1.54) is 17.5 Å². The van der Waals surface area contributed by atoms with Gasteiger partial charge in [-0.1, -0.05) is 60.3 Å². The van der Waals surface area contributed by atoms with E-state index in [1.807, 2.05) is 48.5 Å². The fourth-order valence-corrected chi connectivity index (χ4v) is 3.10. The molecule has 0 aliphatic carbocycles. The van der Waals surface area contributed by atoms with Crippen LogP contribution in [-0.4, -0.2) is 5.90 Å². The van der Waals surface area contributed by atoms with Gasteiger partial charge in [0.25, 0.3) is 0 Å². The second-order valence-electron chi connectivity index (χ2n) is 5.62. The molecule has 0 aliphatic heterocycles. The Bertz CT molecular complexity index is 954. The third-order valence-electron chi connectivity index (χ3n) is 3.56. The number of nitrogens with zero attached hydrogens (tertiary/aromatic N) is 1. The molecule has 0 saturated carbocycles. The Morgan fingerprint density at radius 3 is 2.11 bits per heavy atom. The maximum Gasteiger partial charge on any atom is 0.417 e. The molecule has 0 N–H and O–H groups in total. The molecule has 0 aromatic heterocycles. The van der Waals surface area contributed by atoms with E-state index in [-0.39, 0.29) is 10.8 Å². The molecule has 3 rings (SSSR count). The summed E-state index contributed by atoms with van der Waals surface area (Å²) in [6.45, 7) is 0. The van der Waals surface area contributed by atoms with E-state index >= 15 is 0 Å². The fraction of sp³-hybridized carbons (Fsp3) is 0.0455. The summed E-state index contributed by atoms with van der Waals surface area (Å²) in [5.74, 6) is 0.858. The largest absolute Gasteiger partial charge is 0.439 e. The summed E-state index contributed by atoms with van der Waals surface area (Å²) in [6, 6.07) is 23.7. The topological polar surface area (TPSA) is 21.6 Å². The Balaban J connectivity index is 1.83. The van der Waals surface area contributed by atoms with Gasteiger partial charge in [-0.2, -0.15) is 13.2 Å². The first kappa shape index (κ1) is 19.8. The highest BCUT2D eigenvalue weighted by atomic mass is 32.2. The molecular formula is C22H16F3NOS. The van der Waals surface area contributed by atoms with Crippen LogP contribution in [0.1, 0.15) is 5.56 Å². The molecule has 0 spiro atoms. The molecule has 3 aromatic carbocycles. The van der Waals surface area contributed by atoms with Crippen LogP contribution in [0.3, 0.4) is 0 Å². The molecule has 6 heteroatoms. The zero-order valence-corrected chi connectivity index (χ0v) is 15.5. The van der Waals surface area contributed by atoms with Crippen molar-refractivity contribution in [3.63, 3.8) is 0 Å². The standard InChI is InChI=1S/C22H16F3NOS/c23-22(24,25)19-13-7-8-14-20(19)28-16-15-21(26-17-9-3-1-4-10-17)27-18-11-5-2-6-12-18/h1-16H. The molecule has 2 nitrogen and oxygen atoms in total. The van der Waals surface area contributed by atoms with E-state index in [9.17, 15) is 13.2 Å². The summed E-state index contributed by atoms with van der Waals surface area (Å²) in [6.07, 6.45) is -2.85. The summed E-state index contributed by atoms with van der Waals surface area (Å²) in [4.78, 5) is 4.54. The van der Waals surface area contributed by atoms with Crippen LogP contribution in [0.2, 0.25) is 0 Å². The average molecular weight is 399 g/mol. The van der Waals surface area contributed by atoms with Crippen molar-refractivity contribution in [1.29, 1.82) is 0 Å². The third kappa shape index (κ3) is 5.76. The molecule has 0 heterocycles. The van der Waals surface area contributed by atoms with Crippen molar-refractivity contribution in [2.45, 2.75) is 11.1 Å². The SMILES string of the molecule is FC(F)(F)c1ccccc1SC=CC(=Nc1ccccc1)Oc1ccccc1. The maximum absolute atomic E-state index is 13.1. The van der Waals surface area contributed by atoms with Gasteiger partial charge in [0.2, 0.25) is 5.90 Å². The van der Waals surface area contributed by atoms with E-state index in [2.05, 4.69) is 4.99 Å². The van der Waals surface area contributed by atoms with Crippen molar-refractivity contribution >= 4 is 23.3 Å².